The summed E-state index contributed by atoms with van der Waals surface area (Å²) in [5, 5.41) is 9.75. The van der Waals surface area contributed by atoms with Crippen molar-refractivity contribution in [1.29, 1.82) is 0 Å². The largest absolute Gasteiger partial charge is 0.296 e. The molecule has 0 aliphatic rings. The highest BCUT2D eigenvalue weighted by Crippen LogP contribution is 2.30. The quantitative estimate of drug-likeness (QED) is 0.519. The number of thiazole rings is 1. The Labute approximate surface area is 175 Å². The van der Waals surface area contributed by atoms with Crippen LogP contribution in [0.4, 0.5) is 5.13 Å². The number of rotatable bonds is 5. The summed E-state index contributed by atoms with van der Waals surface area (Å²) in [6.45, 7) is 0.286. The average Bonchev–Trinajstić information content (AvgIpc) is 3.19. The Balaban J connectivity index is 1.53. The van der Waals surface area contributed by atoms with E-state index in [4.69, 9.17) is 11.6 Å². The van der Waals surface area contributed by atoms with Crippen molar-refractivity contribution in [2.45, 2.75) is 6.54 Å². The fourth-order valence-electron chi connectivity index (χ4n) is 2.72. The monoisotopic (exact) mass is 422 g/mol. The number of hydrogen-bond acceptors (Lipinski definition) is 5. The Morgan fingerprint density at radius 3 is 2.59 bits per heavy atom. The number of nitrogens with one attached hydrogen (secondary N) is 1. The third-order valence-electron chi connectivity index (χ3n) is 4.15. The third-order valence-corrected chi connectivity index (χ3v) is 5.24. The molecule has 2 aromatic carbocycles. The smallest absolute Gasteiger partial charge is 0.277 e. The SMILES string of the molecule is O=C(Nc1nc(-c2ccccc2Cl)cs1)c1ccc(=O)n(Cc2ccccc2)n1. The highest BCUT2D eigenvalue weighted by atomic mass is 35.5. The van der Waals surface area contributed by atoms with Gasteiger partial charge in [-0.3, -0.25) is 14.9 Å². The first kappa shape index (κ1) is 19.0. The van der Waals surface area contributed by atoms with E-state index in [1.807, 2.05) is 53.9 Å². The van der Waals surface area contributed by atoms with E-state index in [0.717, 1.165) is 11.1 Å². The third kappa shape index (κ3) is 4.42. The molecule has 0 unspecified atom stereocenters. The van der Waals surface area contributed by atoms with Crippen LogP contribution >= 0.6 is 22.9 Å². The van der Waals surface area contributed by atoms with Crippen LogP contribution in [0.2, 0.25) is 5.02 Å². The van der Waals surface area contributed by atoms with E-state index in [9.17, 15) is 9.59 Å². The van der Waals surface area contributed by atoms with Crippen molar-refractivity contribution in [3.63, 3.8) is 0 Å². The average molecular weight is 423 g/mol. The van der Waals surface area contributed by atoms with Gasteiger partial charge in [0.1, 0.15) is 5.69 Å². The van der Waals surface area contributed by atoms with Crippen LogP contribution in [0.15, 0.2) is 76.9 Å². The van der Waals surface area contributed by atoms with Gasteiger partial charge in [-0.2, -0.15) is 5.10 Å². The zero-order valence-corrected chi connectivity index (χ0v) is 16.7. The number of benzene rings is 2. The number of nitrogens with zero attached hydrogens (tertiary/aromatic N) is 3. The van der Waals surface area contributed by atoms with Gasteiger partial charge >= 0.3 is 0 Å². The summed E-state index contributed by atoms with van der Waals surface area (Å²) in [4.78, 5) is 29.1. The summed E-state index contributed by atoms with van der Waals surface area (Å²) in [6, 6.07) is 19.6. The minimum atomic E-state index is -0.438. The normalized spacial score (nSPS) is 10.7. The van der Waals surface area contributed by atoms with Crippen molar-refractivity contribution < 1.29 is 4.79 Å². The maximum atomic E-state index is 12.6. The predicted molar refractivity (Wildman–Crippen MR) is 115 cm³/mol. The molecule has 6 nitrogen and oxygen atoms in total. The number of carbonyl (C=O) groups excluding carboxylic acids is 1. The molecule has 0 aliphatic carbocycles. The maximum absolute atomic E-state index is 12.6. The lowest BCUT2D eigenvalue weighted by atomic mass is 10.2. The highest BCUT2D eigenvalue weighted by molar-refractivity contribution is 7.14. The molecule has 2 aromatic heterocycles. The molecule has 0 saturated heterocycles. The number of carbonyl (C=O) groups is 1. The van der Waals surface area contributed by atoms with E-state index in [-0.39, 0.29) is 17.8 Å². The number of aromatic nitrogens is 3. The molecule has 0 saturated carbocycles. The Kier molecular flexibility index (Phi) is 5.50. The molecule has 0 spiro atoms. The lowest BCUT2D eigenvalue weighted by Crippen LogP contribution is -2.26. The van der Waals surface area contributed by atoms with E-state index in [1.165, 1.54) is 28.2 Å². The molecule has 144 valence electrons. The zero-order chi connectivity index (χ0) is 20.2. The van der Waals surface area contributed by atoms with Gasteiger partial charge in [-0.05, 0) is 17.7 Å². The molecule has 8 heteroatoms. The van der Waals surface area contributed by atoms with Crippen molar-refractivity contribution in [2.24, 2.45) is 0 Å². The second kappa shape index (κ2) is 8.38. The first-order chi connectivity index (χ1) is 14.1. The minimum absolute atomic E-state index is 0.134. The molecule has 1 N–H and O–H groups in total. The van der Waals surface area contributed by atoms with Crippen LogP contribution in [0, 0.1) is 0 Å². The van der Waals surface area contributed by atoms with E-state index in [2.05, 4.69) is 15.4 Å². The van der Waals surface area contributed by atoms with Crippen LogP contribution in [0.25, 0.3) is 11.3 Å². The van der Waals surface area contributed by atoms with Gasteiger partial charge in [0.2, 0.25) is 0 Å². The van der Waals surface area contributed by atoms with Gasteiger partial charge in [0.15, 0.2) is 5.13 Å². The first-order valence-corrected chi connectivity index (χ1v) is 10.00. The molecular formula is C21H15ClN4O2S. The number of anilines is 1. The van der Waals surface area contributed by atoms with Gasteiger partial charge in [0.05, 0.1) is 12.2 Å². The Morgan fingerprint density at radius 1 is 1.03 bits per heavy atom. The maximum Gasteiger partial charge on any atom is 0.277 e. The molecule has 0 fully saturated rings. The molecule has 0 atom stereocenters. The topological polar surface area (TPSA) is 76.9 Å². The number of hydrogen-bond donors (Lipinski definition) is 1. The van der Waals surface area contributed by atoms with Gasteiger partial charge in [0.25, 0.3) is 11.5 Å². The molecule has 0 radical (unpaired) electrons. The summed E-state index contributed by atoms with van der Waals surface area (Å²) >= 11 is 7.49. The van der Waals surface area contributed by atoms with Crippen LogP contribution in [0.3, 0.4) is 0 Å². The van der Waals surface area contributed by atoms with Crippen molar-refractivity contribution in [3.05, 3.63) is 98.7 Å². The van der Waals surface area contributed by atoms with E-state index < -0.39 is 5.91 Å². The number of amides is 1. The van der Waals surface area contributed by atoms with E-state index in [0.29, 0.717) is 15.8 Å². The highest BCUT2D eigenvalue weighted by Gasteiger charge is 2.14. The molecule has 4 aromatic rings. The predicted octanol–water partition coefficient (Wildman–Crippen LogP) is 4.32. The summed E-state index contributed by atoms with van der Waals surface area (Å²) in [5.74, 6) is -0.438. The van der Waals surface area contributed by atoms with Crippen LogP contribution in [-0.4, -0.2) is 20.7 Å². The molecule has 2 heterocycles. The van der Waals surface area contributed by atoms with Gasteiger partial charge in [-0.15, -0.1) is 11.3 Å². The molecule has 29 heavy (non-hydrogen) atoms. The van der Waals surface area contributed by atoms with Gasteiger partial charge in [0, 0.05) is 22.0 Å². The molecule has 4 rings (SSSR count). The number of halogens is 1. The first-order valence-electron chi connectivity index (χ1n) is 8.74. The van der Waals surface area contributed by atoms with Crippen molar-refractivity contribution in [1.82, 2.24) is 14.8 Å². The Hall–Kier alpha value is -3.29. The molecule has 0 aliphatic heterocycles. The van der Waals surface area contributed by atoms with Crippen LogP contribution in [0.1, 0.15) is 16.1 Å². The van der Waals surface area contributed by atoms with Crippen LogP contribution in [-0.2, 0) is 6.54 Å². The van der Waals surface area contributed by atoms with Gasteiger partial charge < -0.3 is 0 Å². The van der Waals surface area contributed by atoms with Crippen LogP contribution < -0.4 is 10.9 Å². The molecule has 1 amide bonds. The lowest BCUT2D eigenvalue weighted by molar-refractivity contribution is 0.102. The second-order valence-electron chi connectivity index (χ2n) is 6.17. The Bertz CT molecular complexity index is 1220. The van der Waals surface area contributed by atoms with E-state index in [1.54, 1.807) is 6.07 Å². The standard InChI is InChI=1S/C21H15ClN4O2S/c22-16-9-5-4-8-15(16)18-13-29-21(23-18)24-20(28)17-10-11-19(27)26(25-17)12-14-6-2-1-3-7-14/h1-11,13H,12H2,(H,23,24,28). The van der Waals surface area contributed by atoms with Crippen molar-refractivity contribution in [3.8, 4) is 11.3 Å². The fraction of sp³-hybridized carbons (Fsp3) is 0.0476. The summed E-state index contributed by atoms with van der Waals surface area (Å²) in [7, 11) is 0. The van der Waals surface area contributed by atoms with Crippen molar-refractivity contribution in [2.75, 3.05) is 5.32 Å². The van der Waals surface area contributed by atoms with Crippen molar-refractivity contribution >= 4 is 34.0 Å². The van der Waals surface area contributed by atoms with E-state index >= 15 is 0 Å². The minimum Gasteiger partial charge on any atom is -0.296 e. The Morgan fingerprint density at radius 2 is 1.79 bits per heavy atom. The molecule has 0 bridgehead atoms. The van der Waals surface area contributed by atoms with Gasteiger partial charge in [-0.1, -0.05) is 60.1 Å². The van der Waals surface area contributed by atoms with Crippen LogP contribution in [0.5, 0.6) is 0 Å². The van der Waals surface area contributed by atoms with Gasteiger partial charge in [-0.25, -0.2) is 9.67 Å². The molecular weight excluding hydrogens is 408 g/mol. The zero-order valence-electron chi connectivity index (χ0n) is 15.1. The summed E-state index contributed by atoms with van der Waals surface area (Å²) in [6.07, 6.45) is 0. The summed E-state index contributed by atoms with van der Waals surface area (Å²) in [5.41, 5.74) is 2.25. The fourth-order valence-corrected chi connectivity index (χ4v) is 3.66. The summed E-state index contributed by atoms with van der Waals surface area (Å²) < 4.78 is 1.27. The lowest BCUT2D eigenvalue weighted by Gasteiger charge is -2.07. The second-order valence-corrected chi connectivity index (χ2v) is 7.44.